The van der Waals surface area contributed by atoms with Gasteiger partial charge in [-0.05, 0) is 43.9 Å². The van der Waals surface area contributed by atoms with Gasteiger partial charge in [-0.25, -0.2) is 4.98 Å². The summed E-state index contributed by atoms with van der Waals surface area (Å²) in [6, 6.07) is 5.76. The standard InChI is InChI=1S/C13H16ClN3/c1-13(15,8-3-4-8)12-16-10-6-5-9(14)7-11(10)17(12)2/h5-8H,3-4,15H2,1-2H3. The molecule has 0 radical (unpaired) electrons. The van der Waals surface area contributed by atoms with Crippen molar-refractivity contribution in [3.05, 3.63) is 29.0 Å². The van der Waals surface area contributed by atoms with Crippen LogP contribution in [0.2, 0.25) is 5.02 Å². The highest BCUT2D eigenvalue weighted by Crippen LogP contribution is 2.43. The molecule has 1 aromatic heterocycles. The number of aromatic nitrogens is 2. The van der Waals surface area contributed by atoms with E-state index in [2.05, 4.69) is 16.5 Å². The second-order valence-electron chi connectivity index (χ2n) is 5.18. The van der Waals surface area contributed by atoms with Crippen molar-refractivity contribution in [2.75, 3.05) is 0 Å². The van der Waals surface area contributed by atoms with Gasteiger partial charge in [0.25, 0.3) is 0 Å². The number of hydrogen-bond donors (Lipinski definition) is 1. The minimum Gasteiger partial charge on any atom is -0.330 e. The lowest BCUT2D eigenvalue weighted by molar-refractivity contribution is 0.391. The third-order valence-electron chi connectivity index (χ3n) is 3.75. The Bertz CT molecular complexity index is 582. The molecule has 0 bridgehead atoms. The number of nitrogens with two attached hydrogens (primary N) is 1. The van der Waals surface area contributed by atoms with Crippen LogP contribution in [0.5, 0.6) is 0 Å². The Kier molecular flexibility index (Phi) is 2.25. The number of fused-ring (bicyclic) bond motifs is 1. The van der Waals surface area contributed by atoms with Gasteiger partial charge in [0.1, 0.15) is 5.82 Å². The van der Waals surface area contributed by atoms with Crippen LogP contribution >= 0.6 is 11.6 Å². The number of aryl methyl sites for hydroxylation is 1. The van der Waals surface area contributed by atoms with E-state index < -0.39 is 0 Å². The Hall–Kier alpha value is -1.06. The molecule has 90 valence electrons. The summed E-state index contributed by atoms with van der Waals surface area (Å²) < 4.78 is 2.07. The van der Waals surface area contributed by atoms with Gasteiger partial charge < -0.3 is 10.3 Å². The molecule has 3 rings (SSSR count). The van der Waals surface area contributed by atoms with Crippen molar-refractivity contribution in [1.29, 1.82) is 0 Å². The summed E-state index contributed by atoms with van der Waals surface area (Å²) in [5, 5.41) is 0.734. The van der Waals surface area contributed by atoms with E-state index in [0.717, 1.165) is 21.9 Å². The first-order chi connectivity index (χ1) is 8.00. The molecule has 2 N–H and O–H groups in total. The van der Waals surface area contributed by atoms with E-state index in [1.165, 1.54) is 12.8 Å². The normalized spacial score (nSPS) is 19.5. The third-order valence-corrected chi connectivity index (χ3v) is 3.99. The topological polar surface area (TPSA) is 43.8 Å². The summed E-state index contributed by atoms with van der Waals surface area (Å²) in [4.78, 5) is 4.67. The number of halogens is 1. The second-order valence-corrected chi connectivity index (χ2v) is 5.62. The van der Waals surface area contributed by atoms with Crippen LogP contribution in [0.25, 0.3) is 11.0 Å². The van der Waals surface area contributed by atoms with E-state index in [1.54, 1.807) is 0 Å². The van der Waals surface area contributed by atoms with Crippen LogP contribution in [-0.2, 0) is 12.6 Å². The van der Waals surface area contributed by atoms with Crippen LogP contribution in [0, 0.1) is 5.92 Å². The van der Waals surface area contributed by atoms with Crippen LogP contribution < -0.4 is 5.73 Å². The minimum atomic E-state index is -0.333. The lowest BCUT2D eigenvalue weighted by atomic mass is 9.96. The molecule has 3 nitrogen and oxygen atoms in total. The maximum atomic E-state index is 6.43. The molecule has 17 heavy (non-hydrogen) atoms. The first-order valence-electron chi connectivity index (χ1n) is 5.91. The van der Waals surface area contributed by atoms with Crippen LogP contribution in [0.4, 0.5) is 0 Å². The Balaban J connectivity index is 2.20. The molecule has 1 aromatic carbocycles. The van der Waals surface area contributed by atoms with Crippen LogP contribution in [0.3, 0.4) is 0 Å². The number of benzene rings is 1. The Morgan fingerprint density at radius 2 is 2.18 bits per heavy atom. The van der Waals surface area contributed by atoms with Crippen molar-refractivity contribution in [3.8, 4) is 0 Å². The molecule has 0 aliphatic heterocycles. The van der Waals surface area contributed by atoms with E-state index >= 15 is 0 Å². The molecule has 1 atom stereocenters. The quantitative estimate of drug-likeness (QED) is 0.890. The summed E-state index contributed by atoms with van der Waals surface area (Å²) in [5.74, 6) is 1.52. The molecule has 1 aliphatic rings. The van der Waals surface area contributed by atoms with Crippen molar-refractivity contribution in [3.63, 3.8) is 0 Å². The zero-order valence-electron chi connectivity index (χ0n) is 10.1. The highest BCUT2D eigenvalue weighted by molar-refractivity contribution is 6.31. The van der Waals surface area contributed by atoms with Gasteiger partial charge in [0.15, 0.2) is 0 Å². The predicted octanol–water partition coefficient (Wildman–Crippen LogP) is 2.81. The van der Waals surface area contributed by atoms with Crippen molar-refractivity contribution in [2.24, 2.45) is 18.7 Å². The fourth-order valence-corrected chi connectivity index (χ4v) is 2.68. The van der Waals surface area contributed by atoms with Gasteiger partial charge in [-0.15, -0.1) is 0 Å². The number of nitrogens with zero attached hydrogens (tertiary/aromatic N) is 2. The van der Waals surface area contributed by atoms with E-state index in [0.29, 0.717) is 5.92 Å². The van der Waals surface area contributed by atoms with Gasteiger partial charge in [0.05, 0.1) is 16.6 Å². The fourth-order valence-electron chi connectivity index (χ4n) is 2.51. The zero-order chi connectivity index (χ0) is 12.2. The van der Waals surface area contributed by atoms with Crippen LogP contribution in [0.15, 0.2) is 18.2 Å². The van der Waals surface area contributed by atoms with Gasteiger partial charge in [0, 0.05) is 12.1 Å². The average Bonchev–Trinajstić information content (AvgIpc) is 3.06. The van der Waals surface area contributed by atoms with Crippen molar-refractivity contribution < 1.29 is 0 Å². The van der Waals surface area contributed by atoms with Crippen molar-refractivity contribution in [1.82, 2.24) is 9.55 Å². The van der Waals surface area contributed by atoms with Gasteiger partial charge in [-0.2, -0.15) is 0 Å². The highest BCUT2D eigenvalue weighted by atomic mass is 35.5. The van der Waals surface area contributed by atoms with Gasteiger partial charge in [-0.3, -0.25) is 0 Å². The van der Waals surface area contributed by atoms with Gasteiger partial charge in [-0.1, -0.05) is 11.6 Å². The molecule has 2 aromatic rings. The average molecular weight is 250 g/mol. The van der Waals surface area contributed by atoms with E-state index in [9.17, 15) is 0 Å². The highest BCUT2D eigenvalue weighted by Gasteiger charge is 2.42. The maximum absolute atomic E-state index is 6.43. The molecular weight excluding hydrogens is 234 g/mol. The van der Waals surface area contributed by atoms with E-state index in [1.807, 2.05) is 25.2 Å². The Labute approximate surface area is 106 Å². The molecule has 1 fully saturated rings. The SMILES string of the molecule is Cn1c(C(C)(N)C2CC2)nc2ccc(Cl)cc21. The molecule has 1 heterocycles. The van der Waals surface area contributed by atoms with Crippen LogP contribution in [-0.4, -0.2) is 9.55 Å². The molecule has 0 amide bonds. The molecule has 1 aliphatic carbocycles. The van der Waals surface area contributed by atoms with E-state index in [4.69, 9.17) is 17.3 Å². The predicted molar refractivity (Wildman–Crippen MR) is 70.0 cm³/mol. The third kappa shape index (κ3) is 1.65. The minimum absolute atomic E-state index is 0.333. The number of imidazole rings is 1. The second kappa shape index (κ2) is 3.47. The largest absolute Gasteiger partial charge is 0.330 e. The first kappa shape index (κ1) is 11.1. The van der Waals surface area contributed by atoms with Crippen molar-refractivity contribution >= 4 is 22.6 Å². The summed E-state index contributed by atoms with van der Waals surface area (Å²) in [7, 11) is 2.01. The summed E-state index contributed by atoms with van der Waals surface area (Å²) >= 11 is 6.02. The Morgan fingerprint density at radius 1 is 1.47 bits per heavy atom. The molecule has 1 saturated carbocycles. The summed E-state index contributed by atoms with van der Waals surface area (Å²) in [6.45, 7) is 2.08. The number of hydrogen-bond acceptors (Lipinski definition) is 2. The van der Waals surface area contributed by atoms with E-state index in [-0.39, 0.29) is 5.54 Å². The summed E-state index contributed by atoms with van der Waals surface area (Å²) in [6.07, 6.45) is 2.41. The lowest BCUT2D eigenvalue weighted by Crippen LogP contribution is -2.38. The van der Waals surface area contributed by atoms with Crippen LogP contribution in [0.1, 0.15) is 25.6 Å². The lowest BCUT2D eigenvalue weighted by Gasteiger charge is -2.23. The molecular formula is C13H16ClN3. The fraction of sp³-hybridized carbons (Fsp3) is 0.462. The maximum Gasteiger partial charge on any atom is 0.129 e. The molecule has 1 unspecified atom stereocenters. The monoisotopic (exact) mass is 249 g/mol. The Morgan fingerprint density at radius 3 is 2.82 bits per heavy atom. The van der Waals surface area contributed by atoms with Gasteiger partial charge in [0.2, 0.25) is 0 Å². The van der Waals surface area contributed by atoms with Gasteiger partial charge >= 0.3 is 0 Å². The summed E-state index contributed by atoms with van der Waals surface area (Å²) in [5.41, 5.74) is 8.11. The van der Waals surface area contributed by atoms with Crippen molar-refractivity contribution in [2.45, 2.75) is 25.3 Å². The molecule has 4 heteroatoms. The first-order valence-corrected chi connectivity index (χ1v) is 6.29. The molecule has 0 spiro atoms. The molecule has 0 saturated heterocycles. The number of rotatable bonds is 2. The smallest absolute Gasteiger partial charge is 0.129 e. The zero-order valence-corrected chi connectivity index (χ0v) is 10.8.